The number of rotatable bonds is 4. The lowest BCUT2D eigenvalue weighted by atomic mass is 10.2. The predicted molar refractivity (Wildman–Crippen MR) is 61.7 cm³/mol. The minimum absolute atomic E-state index is 0.0131. The molecule has 3 aromatic rings. The van der Waals surface area contributed by atoms with Crippen molar-refractivity contribution in [1.29, 1.82) is 0 Å². The molecule has 0 fully saturated rings. The zero-order chi connectivity index (χ0) is 12.5. The third kappa shape index (κ3) is 1.86. The van der Waals surface area contributed by atoms with E-state index in [2.05, 4.69) is 15.3 Å². The van der Waals surface area contributed by atoms with Gasteiger partial charge >= 0.3 is 5.97 Å². The lowest BCUT2D eigenvalue weighted by Gasteiger charge is -1.94. The number of carbonyl (C=O) groups is 1. The Bertz CT molecular complexity index is 685. The Hall–Kier alpha value is -2.22. The topological polar surface area (TPSA) is 93.5 Å². The summed E-state index contributed by atoms with van der Waals surface area (Å²) >= 11 is 1.00. The van der Waals surface area contributed by atoms with Crippen molar-refractivity contribution in [2.75, 3.05) is 0 Å². The van der Waals surface area contributed by atoms with E-state index in [0.29, 0.717) is 23.6 Å². The molecule has 0 aliphatic carbocycles. The highest BCUT2D eigenvalue weighted by Crippen LogP contribution is 2.15. The van der Waals surface area contributed by atoms with Crippen LogP contribution in [0.3, 0.4) is 0 Å². The molecule has 0 bridgehead atoms. The summed E-state index contributed by atoms with van der Waals surface area (Å²) in [7, 11) is 0. The van der Waals surface area contributed by atoms with Gasteiger partial charge in [-0.25, -0.2) is 4.79 Å². The summed E-state index contributed by atoms with van der Waals surface area (Å²) in [6.07, 6.45) is 2.88. The van der Waals surface area contributed by atoms with E-state index >= 15 is 0 Å². The Kier molecular flexibility index (Phi) is 2.56. The van der Waals surface area contributed by atoms with E-state index in [-0.39, 0.29) is 5.01 Å². The van der Waals surface area contributed by atoms with Crippen LogP contribution in [0.15, 0.2) is 22.8 Å². The fourth-order valence-electron chi connectivity index (χ4n) is 1.59. The van der Waals surface area contributed by atoms with Crippen LogP contribution in [0.25, 0.3) is 4.96 Å². The van der Waals surface area contributed by atoms with E-state index in [1.54, 1.807) is 6.26 Å². The van der Waals surface area contributed by atoms with Gasteiger partial charge in [-0.3, -0.25) is 0 Å². The molecule has 3 aromatic heterocycles. The van der Waals surface area contributed by atoms with Crippen molar-refractivity contribution in [1.82, 2.24) is 19.8 Å². The fraction of sp³-hybridized carbons (Fsp3) is 0.200. The number of aromatic carboxylic acids is 1. The van der Waals surface area contributed by atoms with Gasteiger partial charge in [-0.05, 0) is 12.1 Å². The zero-order valence-electron chi connectivity index (χ0n) is 9.11. The molecule has 7 nitrogen and oxygen atoms in total. The number of carboxylic acid groups (broad SMARTS) is 1. The van der Waals surface area contributed by atoms with Crippen molar-refractivity contribution >= 4 is 22.3 Å². The fourth-order valence-corrected chi connectivity index (χ4v) is 2.29. The number of carboxylic acids is 1. The van der Waals surface area contributed by atoms with Gasteiger partial charge in [-0.15, -0.1) is 15.3 Å². The van der Waals surface area contributed by atoms with Crippen molar-refractivity contribution in [3.8, 4) is 0 Å². The Morgan fingerprint density at radius 1 is 1.44 bits per heavy atom. The predicted octanol–water partition coefficient (Wildman–Crippen LogP) is 1.26. The van der Waals surface area contributed by atoms with Crippen LogP contribution in [0.2, 0.25) is 0 Å². The van der Waals surface area contributed by atoms with Gasteiger partial charge in [0.05, 0.1) is 6.26 Å². The summed E-state index contributed by atoms with van der Waals surface area (Å²) in [5, 5.41) is 20.7. The Morgan fingerprint density at radius 2 is 2.33 bits per heavy atom. The van der Waals surface area contributed by atoms with Crippen molar-refractivity contribution in [3.05, 3.63) is 35.0 Å². The second kappa shape index (κ2) is 4.22. The smallest absolute Gasteiger partial charge is 0.367 e. The average Bonchev–Trinajstić information content (AvgIpc) is 3.03. The zero-order valence-corrected chi connectivity index (χ0v) is 9.92. The minimum atomic E-state index is -1.05. The highest BCUT2D eigenvalue weighted by atomic mass is 32.1. The first kappa shape index (κ1) is 10.9. The van der Waals surface area contributed by atoms with Crippen LogP contribution in [0.5, 0.6) is 0 Å². The number of nitrogens with zero attached hydrogens (tertiary/aromatic N) is 4. The second-order valence-electron chi connectivity index (χ2n) is 3.60. The Morgan fingerprint density at radius 3 is 3.06 bits per heavy atom. The molecule has 0 saturated carbocycles. The minimum Gasteiger partial charge on any atom is -0.476 e. The van der Waals surface area contributed by atoms with Crippen LogP contribution >= 0.6 is 11.3 Å². The summed E-state index contributed by atoms with van der Waals surface area (Å²) in [5.41, 5.74) is 0. The van der Waals surface area contributed by atoms with Crippen LogP contribution in [0.1, 0.15) is 21.4 Å². The molecule has 0 unspecified atom stereocenters. The lowest BCUT2D eigenvalue weighted by molar-refractivity contribution is 0.0695. The number of hydrogen-bond donors (Lipinski definition) is 1. The van der Waals surface area contributed by atoms with Crippen molar-refractivity contribution in [3.63, 3.8) is 0 Å². The van der Waals surface area contributed by atoms with Gasteiger partial charge in [0.2, 0.25) is 9.97 Å². The third-order valence-electron chi connectivity index (χ3n) is 2.41. The van der Waals surface area contributed by atoms with Crippen molar-refractivity contribution in [2.24, 2.45) is 0 Å². The molecule has 8 heteroatoms. The van der Waals surface area contributed by atoms with Crippen LogP contribution < -0.4 is 0 Å². The molecule has 1 N–H and O–H groups in total. The maximum Gasteiger partial charge on any atom is 0.367 e. The molecule has 0 amide bonds. The molecule has 0 saturated heterocycles. The van der Waals surface area contributed by atoms with Gasteiger partial charge in [0.25, 0.3) is 0 Å². The monoisotopic (exact) mass is 264 g/mol. The van der Waals surface area contributed by atoms with Crippen LogP contribution in [-0.4, -0.2) is 30.9 Å². The Labute approximate surface area is 105 Å². The SMILES string of the molecule is O=C(O)c1nn2c(CCc3ccco3)nnc2s1. The molecule has 0 atom stereocenters. The maximum atomic E-state index is 10.8. The van der Waals surface area contributed by atoms with E-state index in [1.807, 2.05) is 12.1 Å². The number of aryl methyl sites for hydroxylation is 2. The molecule has 0 aliphatic heterocycles. The lowest BCUT2D eigenvalue weighted by Crippen LogP contribution is -2.01. The largest absolute Gasteiger partial charge is 0.476 e. The number of fused-ring (bicyclic) bond motifs is 1. The molecule has 0 aromatic carbocycles. The summed E-state index contributed by atoms with van der Waals surface area (Å²) in [4.78, 5) is 11.3. The van der Waals surface area contributed by atoms with Crippen LogP contribution in [-0.2, 0) is 12.8 Å². The quantitative estimate of drug-likeness (QED) is 0.762. The Balaban J connectivity index is 1.85. The average molecular weight is 264 g/mol. The first-order valence-electron chi connectivity index (χ1n) is 5.21. The van der Waals surface area contributed by atoms with Gasteiger partial charge in [0.15, 0.2) is 5.82 Å². The molecule has 92 valence electrons. The molecule has 3 heterocycles. The van der Waals surface area contributed by atoms with Crippen LogP contribution in [0.4, 0.5) is 0 Å². The first-order valence-corrected chi connectivity index (χ1v) is 6.02. The van der Waals surface area contributed by atoms with Gasteiger partial charge in [0.1, 0.15) is 5.76 Å². The normalized spacial score (nSPS) is 11.1. The molecular weight excluding hydrogens is 256 g/mol. The molecule has 0 aliphatic rings. The van der Waals surface area contributed by atoms with Gasteiger partial charge in [-0.1, -0.05) is 11.3 Å². The second-order valence-corrected chi connectivity index (χ2v) is 4.56. The number of aromatic nitrogens is 4. The van der Waals surface area contributed by atoms with Gasteiger partial charge < -0.3 is 9.52 Å². The van der Waals surface area contributed by atoms with Gasteiger partial charge in [-0.2, -0.15) is 4.52 Å². The standard InChI is InChI=1S/C10H8N4O3S/c15-9(16)8-13-14-7(11-12-10(14)18-8)4-3-6-2-1-5-17-6/h1-2,5H,3-4H2,(H,15,16). The van der Waals surface area contributed by atoms with E-state index in [4.69, 9.17) is 9.52 Å². The van der Waals surface area contributed by atoms with E-state index in [1.165, 1.54) is 4.52 Å². The van der Waals surface area contributed by atoms with Gasteiger partial charge in [0, 0.05) is 12.8 Å². The van der Waals surface area contributed by atoms with E-state index < -0.39 is 5.97 Å². The van der Waals surface area contributed by atoms with Crippen LogP contribution in [0, 0.1) is 0 Å². The van der Waals surface area contributed by atoms with Crippen molar-refractivity contribution in [2.45, 2.75) is 12.8 Å². The number of furan rings is 1. The van der Waals surface area contributed by atoms with E-state index in [9.17, 15) is 4.79 Å². The molecular formula is C10H8N4O3S. The summed E-state index contributed by atoms with van der Waals surface area (Å²) < 4.78 is 6.69. The molecule has 0 spiro atoms. The first-order chi connectivity index (χ1) is 8.74. The maximum absolute atomic E-state index is 10.8. The molecule has 3 rings (SSSR count). The highest BCUT2D eigenvalue weighted by Gasteiger charge is 2.15. The summed E-state index contributed by atoms with van der Waals surface area (Å²) in [6.45, 7) is 0. The highest BCUT2D eigenvalue weighted by molar-refractivity contribution is 7.18. The summed E-state index contributed by atoms with van der Waals surface area (Å²) in [5.74, 6) is 0.424. The molecule has 0 radical (unpaired) electrons. The van der Waals surface area contributed by atoms with Crippen molar-refractivity contribution < 1.29 is 14.3 Å². The summed E-state index contributed by atoms with van der Waals surface area (Å²) in [6, 6.07) is 3.70. The molecule has 18 heavy (non-hydrogen) atoms. The third-order valence-corrected chi connectivity index (χ3v) is 3.30. The van der Waals surface area contributed by atoms with E-state index in [0.717, 1.165) is 17.1 Å². The number of hydrogen-bond acceptors (Lipinski definition) is 6.